The normalized spacial score (nSPS) is 14.0. The van der Waals surface area contributed by atoms with Crippen molar-refractivity contribution in [2.75, 3.05) is 6.54 Å². The minimum absolute atomic E-state index is 0.0768. The van der Waals surface area contributed by atoms with E-state index in [1.165, 1.54) is 34.2 Å². The second-order valence-electron chi connectivity index (χ2n) is 7.80. The van der Waals surface area contributed by atoms with Crippen molar-refractivity contribution in [3.63, 3.8) is 0 Å². The number of imidazole rings is 1. The van der Waals surface area contributed by atoms with Crippen molar-refractivity contribution in [3.8, 4) is 0 Å². The molecule has 0 spiro atoms. The predicted molar refractivity (Wildman–Crippen MR) is 107 cm³/mol. The van der Waals surface area contributed by atoms with Gasteiger partial charge in [-0.2, -0.15) is 18.3 Å². The van der Waals surface area contributed by atoms with Crippen molar-refractivity contribution in [2.45, 2.75) is 44.9 Å². The first-order valence-electron chi connectivity index (χ1n) is 10.1. The molecule has 0 bridgehead atoms. The fourth-order valence-corrected chi connectivity index (χ4v) is 4.11. The maximum Gasteiger partial charge on any atom is 0.435 e. The molecule has 10 nitrogen and oxygen atoms in total. The number of aromatic nitrogens is 6. The summed E-state index contributed by atoms with van der Waals surface area (Å²) < 4.78 is 44.7. The Morgan fingerprint density at radius 3 is 2.59 bits per heavy atom. The average molecular weight is 453 g/mol. The number of alkyl halides is 3. The number of hydrogen-bond donors (Lipinski definition) is 1. The summed E-state index contributed by atoms with van der Waals surface area (Å²) >= 11 is 0. The lowest BCUT2D eigenvalue weighted by Gasteiger charge is -2.15. The number of nitrogens with zero attached hydrogens (tertiary/aromatic N) is 6. The van der Waals surface area contributed by atoms with Crippen molar-refractivity contribution in [1.82, 2.24) is 33.8 Å². The van der Waals surface area contributed by atoms with E-state index >= 15 is 0 Å². The molecule has 4 rings (SSSR count). The average Bonchev–Trinajstić information content (AvgIpc) is 3.33. The third-order valence-electron chi connectivity index (χ3n) is 5.70. The van der Waals surface area contributed by atoms with Crippen LogP contribution in [0.15, 0.2) is 15.9 Å². The Morgan fingerprint density at radius 1 is 1.16 bits per heavy atom. The monoisotopic (exact) mass is 453 g/mol. The molecule has 1 amide bonds. The van der Waals surface area contributed by atoms with Crippen LogP contribution in [0.2, 0.25) is 0 Å². The number of halogens is 3. The Morgan fingerprint density at radius 2 is 1.88 bits per heavy atom. The summed E-state index contributed by atoms with van der Waals surface area (Å²) in [6.45, 7) is -0.0482. The highest BCUT2D eigenvalue weighted by Crippen LogP contribution is 2.35. The number of hydrogen-bond acceptors (Lipinski definition) is 5. The number of nitrogens with one attached hydrogen (secondary N) is 1. The van der Waals surface area contributed by atoms with Gasteiger partial charge in [0.05, 0.1) is 12.9 Å². The van der Waals surface area contributed by atoms with Crippen LogP contribution in [0.1, 0.15) is 29.8 Å². The van der Waals surface area contributed by atoms with E-state index < -0.39 is 29.0 Å². The number of aryl methyl sites for hydroxylation is 1. The fraction of sp³-hybridized carbons (Fsp3) is 0.526. The SMILES string of the molecule is Cn1c(=O)c2c(ncn2CC(=O)NCCn2nc(C(F)(F)F)c3c2CCCC3)n(C)c1=O. The Labute approximate surface area is 179 Å². The molecule has 1 aliphatic carbocycles. The molecular formula is C19H22F3N7O3. The van der Waals surface area contributed by atoms with Crippen molar-refractivity contribution in [1.29, 1.82) is 0 Å². The number of rotatable bonds is 5. The molecule has 0 radical (unpaired) electrons. The fourth-order valence-electron chi connectivity index (χ4n) is 4.11. The molecule has 0 saturated heterocycles. The van der Waals surface area contributed by atoms with Gasteiger partial charge in [-0.05, 0) is 25.7 Å². The minimum Gasteiger partial charge on any atom is -0.353 e. The Bertz CT molecular complexity index is 1310. The van der Waals surface area contributed by atoms with Crippen LogP contribution in [0.25, 0.3) is 11.2 Å². The summed E-state index contributed by atoms with van der Waals surface area (Å²) in [6.07, 6.45) is -0.845. The topological polar surface area (TPSA) is 109 Å². The lowest BCUT2D eigenvalue weighted by Crippen LogP contribution is -2.38. The molecule has 3 aromatic heterocycles. The molecule has 3 aromatic rings. The van der Waals surface area contributed by atoms with Crippen molar-refractivity contribution >= 4 is 17.1 Å². The molecule has 1 aliphatic rings. The van der Waals surface area contributed by atoms with Crippen LogP contribution >= 0.6 is 0 Å². The molecule has 0 aliphatic heterocycles. The molecule has 0 fully saturated rings. The highest BCUT2D eigenvalue weighted by Gasteiger charge is 2.39. The van der Waals surface area contributed by atoms with Gasteiger partial charge in [-0.1, -0.05) is 0 Å². The highest BCUT2D eigenvalue weighted by atomic mass is 19.4. The van der Waals surface area contributed by atoms with E-state index in [0.717, 1.165) is 11.0 Å². The molecule has 3 heterocycles. The van der Waals surface area contributed by atoms with Crippen LogP contribution in [0.5, 0.6) is 0 Å². The minimum atomic E-state index is -4.51. The van der Waals surface area contributed by atoms with Crippen LogP contribution in [0, 0.1) is 0 Å². The lowest BCUT2D eigenvalue weighted by atomic mass is 9.95. The zero-order valence-corrected chi connectivity index (χ0v) is 17.6. The molecule has 0 atom stereocenters. The first kappa shape index (κ1) is 21.8. The van der Waals surface area contributed by atoms with E-state index in [9.17, 15) is 27.6 Å². The second kappa shape index (κ2) is 7.95. The van der Waals surface area contributed by atoms with Crippen LogP contribution in [0.3, 0.4) is 0 Å². The van der Waals surface area contributed by atoms with Crippen molar-refractivity contribution < 1.29 is 18.0 Å². The lowest BCUT2D eigenvalue weighted by molar-refractivity contribution is -0.142. The van der Waals surface area contributed by atoms with Gasteiger partial charge in [-0.3, -0.25) is 23.4 Å². The highest BCUT2D eigenvalue weighted by molar-refractivity contribution is 5.78. The maximum atomic E-state index is 13.3. The quantitative estimate of drug-likeness (QED) is 0.600. The smallest absolute Gasteiger partial charge is 0.353 e. The Balaban J connectivity index is 1.47. The zero-order chi connectivity index (χ0) is 23.2. The molecular weight excluding hydrogens is 431 g/mol. The molecule has 0 saturated carbocycles. The zero-order valence-electron chi connectivity index (χ0n) is 17.6. The molecule has 32 heavy (non-hydrogen) atoms. The summed E-state index contributed by atoms with van der Waals surface area (Å²) in [6, 6.07) is 0. The molecule has 0 unspecified atom stereocenters. The second-order valence-corrected chi connectivity index (χ2v) is 7.80. The number of carbonyl (C=O) groups excluding carboxylic acids is 1. The third-order valence-corrected chi connectivity index (χ3v) is 5.70. The van der Waals surface area contributed by atoms with Gasteiger partial charge in [0.15, 0.2) is 16.9 Å². The van der Waals surface area contributed by atoms with E-state index in [0.29, 0.717) is 25.0 Å². The van der Waals surface area contributed by atoms with Crippen LogP contribution in [-0.2, 0) is 51.0 Å². The van der Waals surface area contributed by atoms with Crippen LogP contribution in [-0.4, -0.2) is 40.9 Å². The molecule has 172 valence electrons. The van der Waals surface area contributed by atoms with Crippen molar-refractivity contribution in [2.24, 2.45) is 14.1 Å². The Hall–Kier alpha value is -3.38. The number of carbonyl (C=O) groups is 1. The first-order valence-corrected chi connectivity index (χ1v) is 10.1. The van der Waals surface area contributed by atoms with E-state index in [4.69, 9.17) is 0 Å². The van der Waals surface area contributed by atoms with Gasteiger partial charge < -0.3 is 9.88 Å². The van der Waals surface area contributed by atoms with Gasteiger partial charge in [-0.15, -0.1) is 0 Å². The molecule has 13 heteroatoms. The number of fused-ring (bicyclic) bond motifs is 2. The molecule has 0 aromatic carbocycles. The van der Waals surface area contributed by atoms with Crippen LogP contribution < -0.4 is 16.6 Å². The Kier molecular flexibility index (Phi) is 5.42. The van der Waals surface area contributed by atoms with E-state index in [2.05, 4.69) is 15.4 Å². The largest absolute Gasteiger partial charge is 0.435 e. The summed E-state index contributed by atoms with van der Waals surface area (Å²) in [7, 11) is 2.81. The predicted octanol–water partition coefficient (Wildman–Crippen LogP) is 0.344. The summed E-state index contributed by atoms with van der Waals surface area (Å²) in [5.41, 5.74) is -0.849. The molecule has 1 N–H and O–H groups in total. The van der Waals surface area contributed by atoms with Gasteiger partial charge >= 0.3 is 11.9 Å². The van der Waals surface area contributed by atoms with E-state index in [-0.39, 0.29) is 36.4 Å². The van der Waals surface area contributed by atoms with Gasteiger partial charge in [0.2, 0.25) is 5.91 Å². The van der Waals surface area contributed by atoms with E-state index in [1.54, 1.807) is 0 Å². The first-order chi connectivity index (χ1) is 15.1. The standard InChI is InChI=1S/C19H22F3N7O3/c1-26-16-14(17(31)27(2)18(26)32)28(10-24-16)9-13(30)23-7-8-29-12-6-4-3-5-11(12)15(25-29)19(20,21)22/h10H,3-9H2,1-2H3,(H,23,30). The van der Waals surface area contributed by atoms with E-state index in [1.807, 2.05) is 0 Å². The third kappa shape index (κ3) is 3.71. The summed E-state index contributed by atoms with van der Waals surface area (Å²) in [5.74, 6) is -0.447. The summed E-state index contributed by atoms with van der Waals surface area (Å²) in [4.78, 5) is 40.9. The van der Waals surface area contributed by atoms with Gasteiger partial charge in [0, 0.05) is 31.9 Å². The van der Waals surface area contributed by atoms with Gasteiger partial charge in [0.1, 0.15) is 6.54 Å². The maximum absolute atomic E-state index is 13.3. The van der Waals surface area contributed by atoms with Crippen LogP contribution in [0.4, 0.5) is 13.2 Å². The summed E-state index contributed by atoms with van der Waals surface area (Å²) in [5, 5.41) is 6.41. The number of amides is 1. The van der Waals surface area contributed by atoms with Crippen molar-refractivity contribution in [3.05, 3.63) is 44.1 Å². The van der Waals surface area contributed by atoms with Gasteiger partial charge in [-0.25, -0.2) is 9.78 Å². The van der Waals surface area contributed by atoms with Gasteiger partial charge in [0.25, 0.3) is 5.56 Å².